The number of unbranched alkanes of at least 4 members (excludes halogenated alkanes) is 16. The van der Waals surface area contributed by atoms with E-state index in [4.69, 9.17) is 18.5 Å². The Bertz CT molecular complexity index is 2220. The molecule has 1 N–H and O–H groups in total. The van der Waals surface area contributed by atoms with Crippen molar-refractivity contribution in [2.75, 3.05) is 47.5 Å². The van der Waals surface area contributed by atoms with E-state index in [9.17, 15) is 19.0 Å². The Balaban J connectivity index is 4.20. The zero-order valence-electron chi connectivity index (χ0n) is 57.5. The third-order valence-corrected chi connectivity index (χ3v) is 15.1. The SMILES string of the molecule is CC/C=C\C/C=C\C/C=C\C/C=C\C/C=C\C/C=C\C/C=C\C/C=C\C/C=C\C/C=C\CCCCCCC(=O)OC(COC(=O)CCCCCCCCCCCCCC/C=C\C/C=C\C/C=C\C/C=C\C/C=C\C/C=C\CC)COP(=O)(O)OCC[N+](C)(C)C. The van der Waals surface area contributed by atoms with Crippen molar-refractivity contribution in [1.29, 1.82) is 0 Å². The third-order valence-electron chi connectivity index (χ3n) is 14.1. The van der Waals surface area contributed by atoms with Crippen LogP contribution in [0, 0.1) is 0 Å². The Morgan fingerprint density at radius 3 is 0.889 bits per heavy atom. The van der Waals surface area contributed by atoms with Gasteiger partial charge in [-0.2, -0.15) is 0 Å². The number of phosphoric acid groups is 1. The van der Waals surface area contributed by atoms with Gasteiger partial charge in [0.25, 0.3) is 0 Å². The second-order valence-electron chi connectivity index (χ2n) is 23.8. The number of carbonyl (C=O) groups is 2. The van der Waals surface area contributed by atoms with E-state index >= 15 is 0 Å². The minimum Gasteiger partial charge on any atom is -0.462 e. The summed E-state index contributed by atoms with van der Waals surface area (Å²) in [7, 11) is 1.43. The van der Waals surface area contributed by atoms with Gasteiger partial charge in [-0.15, -0.1) is 0 Å². The fourth-order valence-corrected chi connectivity index (χ4v) is 9.55. The molecule has 0 radical (unpaired) electrons. The molecule has 0 aromatic rings. The number of ether oxygens (including phenoxy) is 2. The maximum Gasteiger partial charge on any atom is 0.472 e. The Kier molecular flexibility index (Phi) is 64.3. The minimum absolute atomic E-state index is 0.0154. The molecule has 0 aliphatic heterocycles. The van der Waals surface area contributed by atoms with Crippen LogP contribution in [-0.4, -0.2) is 74.9 Å². The molecule has 0 aliphatic carbocycles. The topological polar surface area (TPSA) is 108 Å². The summed E-state index contributed by atoms with van der Waals surface area (Å²) < 4.78 is 34.7. The number of nitrogens with zero attached hydrogens (tertiary/aromatic N) is 1. The van der Waals surface area contributed by atoms with Crippen LogP contribution in [0.3, 0.4) is 0 Å². The molecule has 0 saturated heterocycles. The molecule has 506 valence electrons. The summed E-state index contributed by atoms with van der Waals surface area (Å²) in [4.78, 5) is 35.9. The van der Waals surface area contributed by atoms with Crippen molar-refractivity contribution >= 4 is 19.8 Å². The molecular formula is C80H129NO8P+. The van der Waals surface area contributed by atoms with Crippen molar-refractivity contribution in [2.24, 2.45) is 0 Å². The van der Waals surface area contributed by atoms with Crippen molar-refractivity contribution < 1.29 is 42.1 Å². The molecule has 0 rings (SSSR count). The average molecular weight is 1260 g/mol. The fourth-order valence-electron chi connectivity index (χ4n) is 8.81. The van der Waals surface area contributed by atoms with Crippen LogP contribution in [0.15, 0.2) is 194 Å². The molecule has 0 fully saturated rings. The molecule has 0 saturated carbocycles. The van der Waals surface area contributed by atoms with Gasteiger partial charge in [0.1, 0.15) is 19.8 Å². The van der Waals surface area contributed by atoms with Gasteiger partial charge in [-0.05, 0) is 141 Å². The van der Waals surface area contributed by atoms with Crippen LogP contribution in [0.2, 0.25) is 0 Å². The van der Waals surface area contributed by atoms with Crippen LogP contribution in [-0.2, 0) is 32.7 Å². The van der Waals surface area contributed by atoms with Crippen LogP contribution in [0.5, 0.6) is 0 Å². The van der Waals surface area contributed by atoms with Gasteiger partial charge in [-0.3, -0.25) is 18.6 Å². The summed E-state index contributed by atoms with van der Waals surface area (Å²) in [6.07, 6.45) is 107. The molecule has 9 nitrogen and oxygen atoms in total. The summed E-state index contributed by atoms with van der Waals surface area (Å²) in [5.41, 5.74) is 0. The Labute approximate surface area is 552 Å². The largest absolute Gasteiger partial charge is 0.472 e. The summed E-state index contributed by atoms with van der Waals surface area (Å²) in [5.74, 6) is -0.842. The predicted octanol–water partition coefficient (Wildman–Crippen LogP) is 23.3. The second-order valence-corrected chi connectivity index (χ2v) is 25.3. The van der Waals surface area contributed by atoms with Crippen molar-refractivity contribution in [3.05, 3.63) is 194 Å². The Morgan fingerprint density at radius 1 is 0.344 bits per heavy atom. The number of esters is 2. The molecular weight excluding hydrogens is 1130 g/mol. The van der Waals surface area contributed by atoms with E-state index in [2.05, 4.69) is 208 Å². The normalized spacial score (nSPS) is 14.3. The number of allylic oxidation sites excluding steroid dienone is 32. The minimum atomic E-state index is -4.42. The number of hydrogen-bond acceptors (Lipinski definition) is 7. The summed E-state index contributed by atoms with van der Waals surface area (Å²) in [6, 6.07) is 0. The molecule has 90 heavy (non-hydrogen) atoms. The Hall–Kier alpha value is -5.15. The maximum absolute atomic E-state index is 12.9. The number of likely N-dealkylation sites (N-methyl/N-ethyl adjacent to an activating group) is 1. The predicted molar refractivity (Wildman–Crippen MR) is 389 cm³/mol. The molecule has 10 heteroatoms. The molecule has 0 aromatic carbocycles. The van der Waals surface area contributed by atoms with Crippen molar-refractivity contribution in [2.45, 2.75) is 251 Å². The van der Waals surface area contributed by atoms with Crippen molar-refractivity contribution in [1.82, 2.24) is 0 Å². The summed E-state index contributed by atoms with van der Waals surface area (Å²) >= 11 is 0. The third kappa shape index (κ3) is 71.9. The maximum atomic E-state index is 12.9. The Morgan fingerprint density at radius 2 is 0.600 bits per heavy atom. The quantitative estimate of drug-likeness (QED) is 0.0211. The average Bonchev–Trinajstić information content (AvgIpc) is 3.61. The lowest BCUT2D eigenvalue weighted by Crippen LogP contribution is -2.37. The van der Waals surface area contributed by atoms with E-state index in [0.717, 1.165) is 154 Å². The fraction of sp³-hybridized carbons (Fsp3) is 0.575. The first-order chi connectivity index (χ1) is 44.0. The highest BCUT2D eigenvalue weighted by Gasteiger charge is 2.27. The number of phosphoric ester groups is 1. The number of carbonyl (C=O) groups excluding carboxylic acids is 2. The van der Waals surface area contributed by atoms with E-state index in [0.29, 0.717) is 17.4 Å². The van der Waals surface area contributed by atoms with Crippen LogP contribution in [0.4, 0.5) is 0 Å². The van der Waals surface area contributed by atoms with Gasteiger partial charge in [0.2, 0.25) is 0 Å². The van der Waals surface area contributed by atoms with Gasteiger partial charge in [0, 0.05) is 12.8 Å². The smallest absolute Gasteiger partial charge is 0.462 e. The second kappa shape index (κ2) is 68.2. The molecule has 0 bridgehead atoms. The number of quaternary nitrogens is 1. The van der Waals surface area contributed by atoms with Gasteiger partial charge in [0.15, 0.2) is 6.10 Å². The first-order valence-electron chi connectivity index (χ1n) is 35.2. The van der Waals surface area contributed by atoms with E-state index in [1.165, 1.54) is 57.8 Å². The molecule has 0 spiro atoms. The first-order valence-corrected chi connectivity index (χ1v) is 36.7. The lowest BCUT2D eigenvalue weighted by Gasteiger charge is -2.24. The zero-order chi connectivity index (χ0) is 65.5. The van der Waals surface area contributed by atoms with Gasteiger partial charge in [0.05, 0.1) is 27.7 Å². The number of hydrogen-bond donors (Lipinski definition) is 1. The molecule has 0 aliphatic rings. The summed E-state index contributed by atoms with van der Waals surface area (Å²) in [5, 5.41) is 0. The van der Waals surface area contributed by atoms with Gasteiger partial charge in [-0.1, -0.05) is 285 Å². The van der Waals surface area contributed by atoms with Crippen LogP contribution in [0.25, 0.3) is 0 Å². The van der Waals surface area contributed by atoms with E-state index < -0.39 is 26.5 Å². The monoisotopic (exact) mass is 1260 g/mol. The van der Waals surface area contributed by atoms with Crippen molar-refractivity contribution in [3.8, 4) is 0 Å². The van der Waals surface area contributed by atoms with E-state index in [-0.39, 0.29) is 32.0 Å². The van der Waals surface area contributed by atoms with Crippen LogP contribution in [0.1, 0.15) is 245 Å². The molecule has 2 atom stereocenters. The van der Waals surface area contributed by atoms with E-state index in [1.54, 1.807) is 0 Å². The molecule has 0 amide bonds. The first kappa shape index (κ1) is 84.8. The van der Waals surface area contributed by atoms with Gasteiger partial charge < -0.3 is 18.9 Å². The summed E-state index contributed by atoms with van der Waals surface area (Å²) in [6.45, 7) is 4.15. The highest BCUT2D eigenvalue weighted by atomic mass is 31.2. The lowest BCUT2D eigenvalue weighted by molar-refractivity contribution is -0.870. The van der Waals surface area contributed by atoms with Gasteiger partial charge in [-0.25, -0.2) is 4.57 Å². The molecule has 0 aromatic heterocycles. The highest BCUT2D eigenvalue weighted by molar-refractivity contribution is 7.47. The van der Waals surface area contributed by atoms with Crippen molar-refractivity contribution in [3.63, 3.8) is 0 Å². The van der Waals surface area contributed by atoms with E-state index in [1.807, 2.05) is 21.1 Å². The number of rotatable bonds is 62. The standard InChI is InChI=1S/C80H128NO8P/c1-6-8-10-12-14-16-18-20-22-24-26-28-30-32-34-36-38-39-40-41-43-45-47-49-51-53-55-57-59-61-63-65-67-69-71-73-80(83)89-78(77-88-90(84,85)87-75-74-81(3,4)5)76-86-79(82)72-70-68-66-64-62-60-58-56-54-52-50-48-46-44-42-37-35-33-31-29-27-25-23-21-19-17-15-13-11-9-7-2/h8-11,14-17,20-23,26-29,32-35,38-39,41-44,47,49,53,55,59,61,78H,6-7,12-13,18-19,24-25,30-31,36-37,40,45-46,48,50-52,54,56-58,60,62-77H2,1-5H3/p+1/b10-8-,11-9-,16-14-,17-15-,22-20-,23-21-,28-26-,29-27-,34-32-,35-33-,39-38-,43-41-,44-42-,49-47-,55-53-,61-59-. The highest BCUT2D eigenvalue weighted by Crippen LogP contribution is 2.43. The van der Waals surface area contributed by atoms with Crippen LogP contribution >= 0.6 is 7.82 Å². The lowest BCUT2D eigenvalue weighted by atomic mass is 10.0. The van der Waals surface area contributed by atoms with Gasteiger partial charge >= 0.3 is 19.8 Å². The molecule has 2 unspecified atom stereocenters. The molecule has 0 heterocycles. The zero-order valence-corrected chi connectivity index (χ0v) is 58.4. The van der Waals surface area contributed by atoms with Crippen LogP contribution < -0.4 is 0 Å².